The molecule has 0 unspecified atom stereocenters. The van der Waals surface area contributed by atoms with Crippen LogP contribution < -0.4 is 5.32 Å². The van der Waals surface area contributed by atoms with Crippen molar-refractivity contribution in [3.05, 3.63) is 52.3 Å². The molecule has 0 bridgehead atoms. The van der Waals surface area contributed by atoms with E-state index in [4.69, 9.17) is 16.3 Å². The number of halogens is 1. The lowest BCUT2D eigenvalue weighted by atomic mass is 9.96. The summed E-state index contributed by atoms with van der Waals surface area (Å²) >= 11 is 7.50. The van der Waals surface area contributed by atoms with E-state index in [1.165, 1.54) is 11.8 Å². The maximum Gasteiger partial charge on any atom is 0.315 e. The van der Waals surface area contributed by atoms with Gasteiger partial charge >= 0.3 is 5.97 Å². The average molecular weight is 360 g/mol. The lowest BCUT2D eigenvalue weighted by Crippen LogP contribution is -2.15. The monoisotopic (exact) mass is 359 g/mol. The third-order valence-corrected chi connectivity index (χ3v) is 5.16. The van der Waals surface area contributed by atoms with Gasteiger partial charge in [0.2, 0.25) is 0 Å². The molecule has 0 fully saturated rings. The number of carbonyl (C=O) groups excluding carboxylic acids is 1. The molecule has 0 amide bonds. The molecule has 122 valence electrons. The van der Waals surface area contributed by atoms with Gasteiger partial charge in [0.1, 0.15) is 16.8 Å². The number of para-hydroxylation sites is 1. The van der Waals surface area contributed by atoms with Crippen molar-refractivity contribution in [2.24, 2.45) is 0 Å². The first-order chi connectivity index (χ1) is 11.7. The first-order valence-electron chi connectivity index (χ1n) is 7.37. The van der Waals surface area contributed by atoms with Crippen molar-refractivity contribution >= 4 is 40.7 Å². The van der Waals surface area contributed by atoms with Gasteiger partial charge in [0.25, 0.3) is 0 Å². The standard InChI is InChI=1S/C17H14ClN3O2S/c1-2-23-14(22)9-24-16-10-5-3-4-6-13(10)21-15-11(7-19)17(18)20-8-12(15)16/h3-6,8,16,21H,2,9H2,1H3/t16-/m0/s1. The Morgan fingerprint density at radius 2 is 2.25 bits per heavy atom. The Morgan fingerprint density at radius 1 is 1.46 bits per heavy atom. The fraction of sp³-hybridized carbons (Fsp3) is 0.235. The molecule has 0 radical (unpaired) electrons. The molecule has 1 aromatic carbocycles. The summed E-state index contributed by atoms with van der Waals surface area (Å²) in [7, 11) is 0. The number of pyridine rings is 1. The van der Waals surface area contributed by atoms with Crippen molar-refractivity contribution in [2.75, 3.05) is 17.7 Å². The number of hydrogen-bond donors (Lipinski definition) is 1. The SMILES string of the molecule is CCOC(=O)CS[C@H]1c2ccccc2Nc2c1cnc(Cl)c2C#N. The Kier molecular flexibility index (Phi) is 4.93. The highest BCUT2D eigenvalue weighted by Gasteiger charge is 2.29. The van der Waals surface area contributed by atoms with Gasteiger partial charge in [-0.25, -0.2) is 4.98 Å². The summed E-state index contributed by atoms with van der Waals surface area (Å²) in [6.45, 7) is 2.14. The lowest BCUT2D eigenvalue weighted by molar-refractivity contribution is -0.139. The van der Waals surface area contributed by atoms with E-state index in [1.54, 1.807) is 13.1 Å². The van der Waals surface area contributed by atoms with Crippen LogP contribution in [0.5, 0.6) is 0 Å². The second kappa shape index (κ2) is 7.12. The number of carbonyl (C=O) groups is 1. The van der Waals surface area contributed by atoms with Crippen LogP contribution in [0.3, 0.4) is 0 Å². The van der Waals surface area contributed by atoms with Crippen LogP contribution in [0.25, 0.3) is 0 Å². The van der Waals surface area contributed by atoms with E-state index in [0.29, 0.717) is 17.9 Å². The topological polar surface area (TPSA) is 75.0 Å². The van der Waals surface area contributed by atoms with Crippen LogP contribution in [0, 0.1) is 11.3 Å². The molecule has 24 heavy (non-hydrogen) atoms. The summed E-state index contributed by atoms with van der Waals surface area (Å²) in [5.74, 6) is -0.0425. The van der Waals surface area contributed by atoms with Crippen molar-refractivity contribution in [1.29, 1.82) is 5.26 Å². The highest BCUT2D eigenvalue weighted by Crippen LogP contribution is 2.48. The van der Waals surface area contributed by atoms with E-state index in [1.807, 2.05) is 24.3 Å². The second-order valence-electron chi connectivity index (χ2n) is 5.07. The molecule has 5 nitrogen and oxygen atoms in total. The molecule has 1 aliphatic rings. The van der Waals surface area contributed by atoms with Crippen LogP contribution in [-0.4, -0.2) is 23.3 Å². The van der Waals surface area contributed by atoms with E-state index < -0.39 is 0 Å². The van der Waals surface area contributed by atoms with Gasteiger partial charge in [0, 0.05) is 17.4 Å². The number of esters is 1. The Bertz CT molecular complexity index is 835. The van der Waals surface area contributed by atoms with Crippen LogP contribution in [0.1, 0.15) is 28.9 Å². The summed E-state index contributed by atoms with van der Waals surface area (Å²) < 4.78 is 5.01. The van der Waals surface area contributed by atoms with E-state index >= 15 is 0 Å². The number of rotatable bonds is 4. The fourth-order valence-electron chi connectivity index (χ4n) is 2.61. The predicted octanol–water partition coefficient (Wildman–Crippen LogP) is 4.05. The van der Waals surface area contributed by atoms with Crippen molar-refractivity contribution in [2.45, 2.75) is 12.2 Å². The van der Waals surface area contributed by atoms with Crippen LogP contribution >= 0.6 is 23.4 Å². The minimum atomic E-state index is -0.262. The summed E-state index contributed by atoms with van der Waals surface area (Å²) in [4.78, 5) is 15.9. The van der Waals surface area contributed by atoms with Gasteiger partial charge in [0.15, 0.2) is 0 Å². The molecule has 1 N–H and O–H groups in total. The third kappa shape index (κ3) is 3.05. The molecule has 0 saturated heterocycles. The normalized spacial score (nSPS) is 14.8. The maximum atomic E-state index is 11.7. The summed E-state index contributed by atoms with van der Waals surface area (Å²) in [5.41, 5.74) is 3.73. The highest BCUT2D eigenvalue weighted by atomic mass is 35.5. The molecule has 0 spiro atoms. The molecule has 7 heteroatoms. The van der Waals surface area contributed by atoms with Crippen molar-refractivity contribution in [1.82, 2.24) is 4.98 Å². The maximum absolute atomic E-state index is 11.7. The predicted molar refractivity (Wildman–Crippen MR) is 94.6 cm³/mol. The molecule has 1 aromatic heterocycles. The number of hydrogen-bond acceptors (Lipinski definition) is 6. The fourth-order valence-corrected chi connectivity index (χ4v) is 3.93. The molecule has 3 rings (SSSR count). The number of anilines is 2. The van der Waals surface area contributed by atoms with Crippen molar-refractivity contribution in [3.8, 4) is 6.07 Å². The zero-order valence-electron chi connectivity index (χ0n) is 12.9. The Hall–Kier alpha value is -2.23. The van der Waals surface area contributed by atoms with Gasteiger partial charge < -0.3 is 10.1 Å². The van der Waals surface area contributed by atoms with Gasteiger partial charge in [-0.2, -0.15) is 5.26 Å². The van der Waals surface area contributed by atoms with Crippen LogP contribution in [0.4, 0.5) is 11.4 Å². The lowest BCUT2D eigenvalue weighted by Gasteiger charge is -2.29. The average Bonchev–Trinajstić information content (AvgIpc) is 2.59. The van der Waals surface area contributed by atoms with E-state index in [9.17, 15) is 10.1 Å². The van der Waals surface area contributed by atoms with Gasteiger partial charge in [-0.1, -0.05) is 29.8 Å². The third-order valence-electron chi connectivity index (χ3n) is 3.63. The minimum absolute atomic E-state index is 0.126. The summed E-state index contributed by atoms with van der Waals surface area (Å²) in [6.07, 6.45) is 1.66. The number of aromatic nitrogens is 1. The molecular weight excluding hydrogens is 346 g/mol. The smallest absolute Gasteiger partial charge is 0.315 e. The first-order valence-corrected chi connectivity index (χ1v) is 8.80. The van der Waals surface area contributed by atoms with Crippen LogP contribution in [0.15, 0.2) is 30.5 Å². The van der Waals surface area contributed by atoms with E-state index in [2.05, 4.69) is 16.4 Å². The number of nitriles is 1. The Labute approximate surface area is 149 Å². The largest absolute Gasteiger partial charge is 0.465 e. The van der Waals surface area contributed by atoms with Crippen molar-refractivity contribution < 1.29 is 9.53 Å². The first kappa shape index (κ1) is 16.6. The molecule has 1 aliphatic heterocycles. The van der Waals surface area contributed by atoms with Gasteiger partial charge in [-0.05, 0) is 18.6 Å². The minimum Gasteiger partial charge on any atom is -0.465 e. The number of nitrogens with one attached hydrogen (secondary N) is 1. The number of ether oxygens (including phenoxy) is 1. The zero-order chi connectivity index (χ0) is 17.1. The van der Waals surface area contributed by atoms with E-state index in [-0.39, 0.29) is 22.1 Å². The highest BCUT2D eigenvalue weighted by molar-refractivity contribution is 8.00. The molecule has 0 saturated carbocycles. The molecular formula is C17H14ClN3O2S. The van der Waals surface area contributed by atoms with Gasteiger partial charge in [-0.3, -0.25) is 4.79 Å². The molecule has 1 atom stereocenters. The molecule has 0 aliphatic carbocycles. The van der Waals surface area contributed by atoms with E-state index in [0.717, 1.165) is 16.8 Å². The molecule has 2 aromatic rings. The number of nitrogens with zero attached hydrogens (tertiary/aromatic N) is 2. The summed E-state index contributed by atoms with van der Waals surface area (Å²) in [6, 6.07) is 9.89. The quantitative estimate of drug-likeness (QED) is 0.655. The van der Waals surface area contributed by atoms with Crippen LogP contribution in [0.2, 0.25) is 5.15 Å². The zero-order valence-corrected chi connectivity index (χ0v) is 14.4. The number of benzene rings is 1. The van der Waals surface area contributed by atoms with Gasteiger partial charge in [-0.15, -0.1) is 11.8 Å². The Morgan fingerprint density at radius 3 is 3.00 bits per heavy atom. The Balaban J connectivity index is 2.02. The summed E-state index contributed by atoms with van der Waals surface area (Å²) in [5, 5.41) is 12.7. The number of fused-ring (bicyclic) bond motifs is 2. The second-order valence-corrected chi connectivity index (χ2v) is 6.53. The number of thioether (sulfide) groups is 1. The van der Waals surface area contributed by atoms with Crippen LogP contribution in [-0.2, 0) is 9.53 Å². The van der Waals surface area contributed by atoms with Crippen molar-refractivity contribution in [3.63, 3.8) is 0 Å². The molecule has 2 heterocycles. The van der Waals surface area contributed by atoms with Gasteiger partial charge in [0.05, 0.1) is 23.3 Å².